The Kier molecular flexibility index (Phi) is 4.63. The molecule has 1 aliphatic rings. The molecule has 0 saturated carbocycles. The van der Waals surface area contributed by atoms with Gasteiger partial charge in [0.05, 0.1) is 27.7 Å². The first-order chi connectivity index (χ1) is 15.8. The molecule has 2 amide bonds. The number of rotatable bonds is 3. The van der Waals surface area contributed by atoms with Gasteiger partial charge in [0, 0.05) is 12.5 Å². The van der Waals surface area contributed by atoms with Gasteiger partial charge >= 0.3 is 11.6 Å². The van der Waals surface area contributed by atoms with Crippen molar-refractivity contribution >= 4 is 34.4 Å². The number of carbonyl (C=O) groups excluding carboxylic acids is 3. The Hall–Kier alpha value is -4.59. The van der Waals surface area contributed by atoms with E-state index in [2.05, 4.69) is 4.98 Å². The van der Waals surface area contributed by atoms with Crippen LogP contribution < -0.4 is 15.3 Å². The third-order valence-corrected chi connectivity index (χ3v) is 5.34. The van der Waals surface area contributed by atoms with E-state index in [-0.39, 0.29) is 17.0 Å². The van der Waals surface area contributed by atoms with Crippen molar-refractivity contribution in [3.05, 3.63) is 87.8 Å². The van der Waals surface area contributed by atoms with Crippen LogP contribution in [0.1, 0.15) is 33.2 Å². The molecule has 0 spiro atoms. The largest absolute Gasteiger partial charge is 0.427 e. The van der Waals surface area contributed by atoms with Gasteiger partial charge in [0.1, 0.15) is 5.75 Å². The van der Waals surface area contributed by atoms with Gasteiger partial charge in [0.15, 0.2) is 0 Å². The molecule has 0 aliphatic carbocycles. The lowest BCUT2D eigenvalue weighted by molar-refractivity contribution is -0.131. The Labute approximate surface area is 187 Å². The predicted octanol–water partition coefficient (Wildman–Crippen LogP) is 3.89. The van der Waals surface area contributed by atoms with Gasteiger partial charge in [-0.25, -0.2) is 14.7 Å². The van der Waals surface area contributed by atoms with Crippen LogP contribution in [-0.4, -0.2) is 22.8 Å². The first-order valence-corrected chi connectivity index (χ1v) is 10.1. The van der Waals surface area contributed by atoms with Gasteiger partial charge < -0.3 is 9.15 Å². The molecule has 0 bridgehead atoms. The van der Waals surface area contributed by atoms with E-state index in [0.29, 0.717) is 33.5 Å². The summed E-state index contributed by atoms with van der Waals surface area (Å²) in [6, 6.07) is 16.1. The summed E-state index contributed by atoms with van der Waals surface area (Å²) in [7, 11) is 0. The van der Waals surface area contributed by atoms with Crippen molar-refractivity contribution in [1.29, 1.82) is 0 Å². The standard InChI is InChI=1S/C25H16N2O6/c1-13-11-16(32-14(2)28)8-10-21(13)27-23(29)17-9-7-15(12-19(17)24(27)30)22-26-20-6-4-3-5-18(20)25(31)33-22/h3-12H,1-2H3. The van der Waals surface area contributed by atoms with Crippen molar-refractivity contribution < 1.29 is 23.5 Å². The minimum Gasteiger partial charge on any atom is -0.427 e. The molecular weight excluding hydrogens is 424 g/mol. The van der Waals surface area contributed by atoms with Gasteiger partial charge in [-0.1, -0.05) is 12.1 Å². The summed E-state index contributed by atoms with van der Waals surface area (Å²) in [5.41, 5.74) is 1.72. The van der Waals surface area contributed by atoms with E-state index < -0.39 is 23.4 Å². The predicted molar refractivity (Wildman–Crippen MR) is 119 cm³/mol. The molecular formula is C25H16N2O6. The second kappa shape index (κ2) is 7.52. The van der Waals surface area contributed by atoms with Crippen molar-refractivity contribution in [1.82, 2.24) is 4.98 Å². The fourth-order valence-electron chi connectivity index (χ4n) is 3.84. The Bertz CT molecular complexity index is 1550. The SMILES string of the molecule is CC(=O)Oc1ccc(N2C(=O)c3ccc(-c4nc5ccccc5c(=O)o4)cc3C2=O)c(C)c1. The number of esters is 1. The summed E-state index contributed by atoms with van der Waals surface area (Å²) in [6.45, 7) is 3.00. The Balaban J connectivity index is 1.54. The maximum absolute atomic E-state index is 13.2. The number of aryl methyl sites for hydroxylation is 1. The quantitative estimate of drug-likeness (QED) is 0.270. The third kappa shape index (κ3) is 3.38. The lowest BCUT2D eigenvalue weighted by Gasteiger charge is -2.17. The molecule has 5 rings (SSSR count). The average molecular weight is 440 g/mol. The minimum atomic E-state index is -0.538. The zero-order valence-electron chi connectivity index (χ0n) is 17.6. The van der Waals surface area contributed by atoms with Crippen LogP contribution in [0.4, 0.5) is 5.69 Å². The van der Waals surface area contributed by atoms with Gasteiger partial charge in [-0.05, 0) is 61.0 Å². The second-order valence-electron chi connectivity index (χ2n) is 7.57. The van der Waals surface area contributed by atoms with Crippen molar-refractivity contribution in [3.8, 4) is 17.2 Å². The maximum atomic E-state index is 13.2. The Morgan fingerprint density at radius 2 is 1.70 bits per heavy atom. The molecule has 4 aromatic rings. The topological polar surface area (TPSA) is 107 Å². The number of carbonyl (C=O) groups is 3. The van der Waals surface area contributed by atoms with E-state index in [1.165, 1.54) is 25.1 Å². The number of hydrogen-bond donors (Lipinski definition) is 0. The number of fused-ring (bicyclic) bond motifs is 2. The number of anilines is 1. The van der Waals surface area contributed by atoms with Crippen LogP contribution in [0, 0.1) is 6.92 Å². The van der Waals surface area contributed by atoms with Crippen LogP contribution in [0.5, 0.6) is 5.75 Å². The summed E-state index contributed by atoms with van der Waals surface area (Å²) in [4.78, 5) is 55.2. The van der Waals surface area contributed by atoms with Crippen molar-refractivity contribution in [2.24, 2.45) is 0 Å². The first-order valence-electron chi connectivity index (χ1n) is 10.1. The molecule has 1 aromatic heterocycles. The number of hydrogen-bond acceptors (Lipinski definition) is 7. The molecule has 0 unspecified atom stereocenters. The summed E-state index contributed by atoms with van der Waals surface area (Å²) in [5.74, 6) is -1.08. The van der Waals surface area contributed by atoms with Gasteiger partial charge in [-0.2, -0.15) is 0 Å². The van der Waals surface area contributed by atoms with Crippen LogP contribution in [0.25, 0.3) is 22.4 Å². The highest BCUT2D eigenvalue weighted by Gasteiger charge is 2.37. The van der Waals surface area contributed by atoms with E-state index in [9.17, 15) is 19.2 Å². The zero-order valence-corrected chi connectivity index (χ0v) is 17.6. The lowest BCUT2D eigenvalue weighted by atomic mass is 10.1. The zero-order chi connectivity index (χ0) is 23.3. The van der Waals surface area contributed by atoms with Crippen molar-refractivity contribution in [3.63, 3.8) is 0 Å². The monoisotopic (exact) mass is 440 g/mol. The summed E-state index contributed by atoms with van der Waals surface area (Å²) in [5, 5.41) is 0.354. The fraction of sp³-hybridized carbons (Fsp3) is 0.0800. The Morgan fingerprint density at radius 1 is 0.939 bits per heavy atom. The molecule has 162 valence electrons. The number of benzene rings is 3. The maximum Gasteiger partial charge on any atom is 0.347 e. The van der Waals surface area contributed by atoms with Crippen molar-refractivity contribution in [2.75, 3.05) is 4.90 Å². The van der Waals surface area contributed by atoms with Crippen LogP contribution in [0.3, 0.4) is 0 Å². The van der Waals surface area contributed by atoms with Crippen LogP contribution in [0.15, 0.2) is 69.9 Å². The molecule has 0 atom stereocenters. The van der Waals surface area contributed by atoms with E-state index in [0.717, 1.165) is 4.90 Å². The highest BCUT2D eigenvalue weighted by molar-refractivity contribution is 6.34. The lowest BCUT2D eigenvalue weighted by Crippen LogP contribution is -2.30. The van der Waals surface area contributed by atoms with E-state index in [1.807, 2.05) is 0 Å². The normalized spacial score (nSPS) is 12.8. The molecule has 0 saturated heterocycles. The van der Waals surface area contributed by atoms with Gasteiger partial charge in [0.2, 0.25) is 5.89 Å². The number of para-hydroxylation sites is 1. The molecule has 0 N–H and O–H groups in total. The van der Waals surface area contributed by atoms with Crippen molar-refractivity contribution in [2.45, 2.75) is 13.8 Å². The van der Waals surface area contributed by atoms with Crippen LogP contribution in [-0.2, 0) is 4.79 Å². The van der Waals surface area contributed by atoms with E-state index in [1.54, 1.807) is 49.4 Å². The van der Waals surface area contributed by atoms with Crippen LogP contribution in [0.2, 0.25) is 0 Å². The molecule has 3 aromatic carbocycles. The first kappa shape index (κ1) is 20.3. The molecule has 33 heavy (non-hydrogen) atoms. The average Bonchev–Trinajstić information content (AvgIpc) is 3.03. The Morgan fingerprint density at radius 3 is 2.45 bits per heavy atom. The second-order valence-corrected chi connectivity index (χ2v) is 7.57. The van der Waals surface area contributed by atoms with E-state index in [4.69, 9.17) is 9.15 Å². The molecule has 1 aliphatic heterocycles. The molecule has 2 heterocycles. The molecule has 8 nitrogen and oxygen atoms in total. The molecule has 8 heteroatoms. The molecule has 0 radical (unpaired) electrons. The fourth-order valence-corrected chi connectivity index (χ4v) is 3.84. The van der Waals surface area contributed by atoms with Gasteiger partial charge in [-0.3, -0.25) is 14.4 Å². The third-order valence-electron chi connectivity index (χ3n) is 5.34. The van der Waals surface area contributed by atoms with Crippen LogP contribution >= 0.6 is 0 Å². The summed E-state index contributed by atoms with van der Waals surface area (Å²) < 4.78 is 10.4. The highest BCUT2D eigenvalue weighted by Crippen LogP contribution is 2.34. The number of ether oxygens (including phenoxy) is 1. The number of amides is 2. The number of aromatic nitrogens is 1. The summed E-state index contributed by atoms with van der Waals surface area (Å²) >= 11 is 0. The smallest absolute Gasteiger partial charge is 0.347 e. The van der Waals surface area contributed by atoms with Gasteiger partial charge in [0.25, 0.3) is 11.8 Å². The van der Waals surface area contributed by atoms with Gasteiger partial charge in [-0.15, -0.1) is 0 Å². The highest BCUT2D eigenvalue weighted by atomic mass is 16.5. The number of imide groups is 1. The molecule has 0 fully saturated rings. The summed E-state index contributed by atoms with van der Waals surface area (Å²) in [6.07, 6.45) is 0. The van der Waals surface area contributed by atoms with E-state index >= 15 is 0 Å². The minimum absolute atomic E-state index is 0.0575. The number of nitrogens with zero attached hydrogens (tertiary/aromatic N) is 2.